The molecule has 2 unspecified atom stereocenters. The molecule has 6 nitrogen and oxygen atoms in total. The van der Waals surface area contributed by atoms with Crippen LogP contribution >= 0.6 is 0 Å². The second kappa shape index (κ2) is 6.70. The number of hydrogen-bond acceptors (Lipinski definition) is 5. The summed E-state index contributed by atoms with van der Waals surface area (Å²) in [4.78, 5) is 14.3. The van der Waals surface area contributed by atoms with E-state index < -0.39 is 23.1 Å². The fourth-order valence-electron chi connectivity index (χ4n) is 3.85. The minimum Gasteiger partial charge on any atom is -0.496 e. The molecule has 2 aliphatic rings. The van der Waals surface area contributed by atoms with Crippen LogP contribution in [0.1, 0.15) is 39.2 Å². The third-order valence-electron chi connectivity index (χ3n) is 4.82. The predicted octanol–water partition coefficient (Wildman–Crippen LogP) is 2.82. The van der Waals surface area contributed by atoms with E-state index in [0.29, 0.717) is 24.5 Å². The Morgan fingerprint density at radius 3 is 2.46 bits per heavy atom. The molecule has 0 spiro atoms. The molecule has 0 radical (unpaired) electrons. The summed E-state index contributed by atoms with van der Waals surface area (Å²) in [6.07, 6.45) is 0.0366. The minimum absolute atomic E-state index is 0.225. The van der Waals surface area contributed by atoms with Gasteiger partial charge in [0.05, 0.1) is 38.0 Å². The number of carbonyl (C=O) groups is 1. The van der Waals surface area contributed by atoms with E-state index in [-0.39, 0.29) is 24.9 Å². The number of methoxy groups -OCH3 is 1. The largest absolute Gasteiger partial charge is 0.496 e. The normalized spacial score (nSPS) is 28.6. The van der Waals surface area contributed by atoms with E-state index in [1.165, 1.54) is 25.3 Å². The van der Waals surface area contributed by atoms with Crippen LogP contribution in [0.3, 0.4) is 0 Å². The summed E-state index contributed by atoms with van der Waals surface area (Å²) < 4.78 is 30.2. The summed E-state index contributed by atoms with van der Waals surface area (Å²) in [6, 6.07) is 3.41. The van der Waals surface area contributed by atoms with E-state index in [4.69, 9.17) is 14.2 Å². The van der Waals surface area contributed by atoms with Gasteiger partial charge in [0.15, 0.2) is 0 Å². The maximum absolute atomic E-state index is 13.8. The molecule has 26 heavy (non-hydrogen) atoms. The van der Waals surface area contributed by atoms with E-state index >= 15 is 0 Å². The average molecular weight is 367 g/mol. The van der Waals surface area contributed by atoms with E-state index in [9.17, 15) is 14.3 Å². The first kappa shape index (κ1) is 18.9. The second-order valence-electron chi connectivity index (χ2n) is 8.02. The predicted molar refractivity (Wildman–Crippen MR) is 92.6 cm³/mol. The molecule has 1 aromatic rings. The standard InChI is InChI=1S/C19H26FNO5/c1-18(2,3)26-17(22)21-13-8-19(23,9-14(21)11-25-10-13)15-7-12(20)5-6-16(15)24-4/h5-7,13-14,23H,8-11H2,1-4H3. The van der Waals surface area contributed by atoms with Crippen molar-refractivity contribution < 1.29 is 28.5 Å². The molecule has 2 saturated heterocycles. The van der Waals surface area contributed by atoms with Crippen molar-refractivity contribution in [3.63, 3.8) is 0 Å². The molecule has 3 rings (SSSR count). The number of ether oxygens (including phenoxy) is 3. The number of carbonyl (C=O) groups excluding carboxylic acids is 1. The van der Waals surface area contributed by atoms with Crippen molar-refractivity contribution in [1.82, 2.24) is 4.90 Å². The number of nitrogens with zero attached hydrogens (tertiary/aromatic N) is 1. The fourth-order valence-corrected chi connectivity index (χ4v) is 3.85. The highest BCUT2D eigenvalue weighted by atomic mass is 19.1. The molecule has 1 amide bonds. The summed E-state index contributed by atoms with van der Waals surface area (Å²) in [5.74, 6) is -0.0104. The zero-order valence-corrected chi connectivity index (χ0v) is 15.6. The number of fused-ring (bicyclic) bond motifs is 2. The van der Waals surface area contributed by atoms with Crippen LogP contribution in [0.4, 0.5) is 9.18 Å². The molecule has 7 heteroatoms. The Labute approximate surface area is 152 Å². The van der Waals surface area contributed by atoms with E-state index in [0.717, 1.165) is 0 Å². The maximum atomic E-state index is 13.8. The number of morpholine rings is 1. The van der Waals surface area contributed by atoms with Crippen LogP contribution in [0.15, 0.2) is 18.2 Å². The van der Waals surface area contributed by atoms with Crippen LogP contribution in [0.25, 0.3) is 0 Å². The fraction of sp³-hybridized carbons (Fsp3) is 0.632. The molecule has 2 heterocycles. The first-order valence-corrected chi connectivity index (χ1v) is 8.78. The molecular formula is C19H26FNO5. The van der Waals surface area contributed by atoms with Gasteiger partial charge in [0.2, 0.25) is 0 Å². The Hall–Kier alpha value is -1.86. The number of aliphatic hydroxyl groups is 1. The molecule has 2 fully saturated rings. The SMILES string of the molecule is COc1ccc(F)cc1C1(O)CC2COCC(C1)N2C(=O)OC(C)(C)C. The lowest BCUT2D eigenvalue weighted by atomic mass is 9.76. The zero-order valence-electron chi connectivity index (χ0n) is 15.6. The van der Waals surface area contributed by atoms with Gasteiger partial charge in [0.1, 0.15) is 17.2 Å². The number of amides is 1. The van der Waals surface area contributed by atoms with Gasteiger partial charge in [-0.25, -0.2) is 9.18 Å². The van der Waals surface area contributed by atoms with Crippen molar-refractivity contribution in [2.24, 2.45) is 0 Å². The Bertz CT molecular complexity index is 673. The maximum Gasteiger partial charge on any atom is 0.410 e. The Morgan fingerprint density at radius 1 is 1.31 bits per heavy atom. The number of benzene rings is 1. The average Bonchev–Trinajstić information content (AvgIpc) is 2.52. The quantitative estimate of drug-likeness (QED) is 0.871. The van der Waals surface area contributed by atoms with Crippen molar-refractivity contribution in [3.05, 3.63) is 29.6 Å². The molecule has 0 aromatic heterocycles. The molecule has 1 N–H and O–H groups in total. The molecule has 2 aliphatic heterocycles. The van der Waals surface area contributed by atoms with Gasteiger partial charge in [-0.15, -0.1) is 0 Å². The van der Waals surface area contributed by atoms with E-state index in [1.807, 2.05) is 20.8 Å². The van der Waals surface area contributed by atoms with Gasteiger partial charge in [-0.05, 0) is 39.0 Å². The smallest absolute Gasteiger partial charge is 0.410 e. The molecule has 2 atom stereocenters. The van der Waals surface area contributed by atoms with Crippen molar-refractivity contribution in [1.29, 1.82) is 0 Å². The topological polar surface area (TPSA) is 68.2 Å². The number of rotatable bonds is 2. The monoisotopic (exact) mass is 367 g/mol. The summed E-state index contributed by atoms with van der Waals surface area (Å²) in [5, 5.41) is 11.3. The Morgan fingerprint density at radius 2 is 1.92 bits per heavy atom. The summed E-state index contributed by atoms with van der Waals surface area (Å²) in [6.45, 7) is 6.05. The number of hydrogen-bond donors (Lipinski definition) is 1. The molecule has 0 aliphatic carbocycles. The number of piperidine rings is 1. The zero-order chi connectivity index (χ0) is 19.1. The summed E-state index contributed by atoms with van der Waals surface area (Å²) in [7, 11) is 1.49. The lowest BCUT2D eigenvalue weighted by molar-refractivity contribution is -0.141. The van der Waals surface area contributed by atoms with Gasteiger partial charge in [-0.3, -0.25) is 4.90 Å². The highest BCUT2D eigenvalue weighted by Crippen LogP contribution is 2.44. The summed E-state index contributed by atoms with van der Waals surface area (Å²) >= 11 is 0. The first-order chi connectivity index (χ1) is 12.1. The lowest BCUT2D eigenvalue weighted by Gasteiger charge is -2.51. The van der Waals surface area contributed by atoms with Gasteiger partial charge in [0, 0.05) is 18.4 Å². The molecule has 144 valence electrons. The summed E-state index contributed by atoms with van der Waals surface area (Å²) in [5.41, 5.74) is -1.50. The van der Waals surface area contributed by atoms with Gasteiger partial charge in [-0.1, -0.05) is 0 Å². The van der Waals surface area contributed by atoms with Crippen molar-refractivity contribution in [2.75, 3.05) is 20.3 Å². The van der Waals surface area contributed by atoms with E-state index in [1.54, 1.807) is 4.90 Å². The Kier molecular flexibility index (Phi) is 4.88. The Balaban J connectivity index is 1.90. The van der Waals surface area contributed by atoms with Crippen molar-refractivity contribution in [2.45, 2.75) is 56.9 Å². The third kappa shape index (κ3) is 3.64. The minimum atomic E-state index is -1.30. The molecule has 2 bridgehead atoms. The third-order valence-corrected chi connectivity index (χ3v) is 4.82. The van der Waals surface area contributed by atoms with Crippen molar-refractivity contribution in [3.8, 4) is 5.75 Å². The highest BCUT2D eigenvalue weighted by molar-refractivity contribution is 5.69. The van der Waals surface area contributed by atoms with Gasteiger partial charge < -0.3 is 19.3 Å². The van der Waals surface area contributed by atoms with Gasteiger partial charge in [-0.2, -0.15) is 0 Å². The molecule has 1 aromatic carbocycles. The number of halogens is 1. The molecule has 0 saturated carbocycles. The van der Waals surface area contributed by atoms with Crippen LogP contribution in [0, 0.1) is 5.82 Å². The van der Waals surface area contributed by atoms with Crippen LogP contribution < -0.4 is 4.74 Å². The van der Waals surface area contributed by atoms with Crippen LogP contribution in [0.2, 0.25) is 0 Å². The van der Waals surface area contributed by atoms with Gasteiger partial charge >= 0.3 is 6.09 Å². The molecular weight excluding hydrogens is 341 g/mol. The second-order valence-corrected chi connectivity index (χ2v) is 8.02. The lowest BCUT2D eigenvalue weighted by Crippen LogP contribution is -2.63. The highest BCUT2D eigenvalue weighted by Gasteiger charge is 2.50. The first-order valence-electron chi connectivity index (χ1n) is 8.78. The van der Waals surface area contributed by atoms with E-state index in [2.05, 4.69) is 0 Å². The van der Waals surface area contributed by atoms with Crippen LogP contribution in [-0.2, 0) is 15.1 Å². The van der Waals surface area contributed by atoms with Crippen LogP contribution in [0.5, 0.6) is 5.75 Å². The van der Waals surface area contributed by atoms with Crippen LogP contribution in [-0.4, -0.2) is 54.1 Å². The van der Waals surface area contributed by atoms with Gasteiger partial charge in [0.25, 0.3) is 0 Å². The van der Waals surface area contributed by atoms with Crippen molar-refractivity contribution >= 4 is 6.09 Å².